The molecule has 2 amide bonds. The van der Waals surface area contributed by atoms with Crippen LogP contribution in [0.2, 0.25) is 0 Å². The molecule has 0 spiro atoms. The number of hydrogen-bond donors (Lipinski definition) is 3. The van der Waals surface area contributed by atoms with Crippen molar-refractivity contribution in [3.8, 4) is 5.69 Å². The lowest BCUT2D eigenvalue weighted by Crippen LogP contribution is -2.47. The van der Waals surface area contributed by atoms with E-state index in [-0.39, 0.29) is 23.3 Å². The van der Waals surface area contributed by atoms with Crippen LogP contribution in [0.5, 0.6) is 0 Å². The molecule has 3 aliphatic rings. The Balaban J connectivity index is 1.16. The lowest BCUT2D eigenvalue weighted by molar-refractivity contribution is 0.211. The van der Waals surface area contributed by atoms with Crippen molar-refractivity contribution in [2.75, 3.05) is 39.3 Å². The molecule has 1 aliphatic heterocycles. The number of nitrogens with one attached hydrogen (secondary N) is 3. The summed E-state index contributed by atoms with van der Waals surface area (Å²) in [5.74, 6) is 0.177. The maximum absolute atomic E-state index is 13.5. The second-order valence-corrected chi connectivity index (χ2v) is 11.6. The summed E-state index contributed by atoms with van der Waals surface area (Å²) in [6, 6.07) is 16.7. The molecule has 8 heteroatoms. The minimum absolute atomic E-state index is 0.0111. The molecule has 1 unspecified atom stereocenters. The third kappa shape index (κ3) is 5.56. The largest absolute Gasteiger partial charge is 0.337 e. The van der Waals surface area contributed by atoms with Crippen LogP contribution in [0, 0.1) is 17.2 Å². The SMILES string of the molecule is C[C@]12Cc3cnn(-c4ccc(F)cc4)c3C=C1CC[C@@H]2CC(NC(=O)NCCN1CCNCC1)c1ccccc1. The number of amides is 2. The van der Waals surface area contributed by atoms with Gasteiger partial charge in [-0.15, -0.1) is 0 Å². The highest BCUT2D eigenvalue weighted by molar-refractivity contribution is 5.74. The van der Waals surface area contributed by atoms with Gasteiger partial charge >= 0.3 is 6.03 Å². The normalized spacial score (nSPS) is 23.1. The molecule has 2 aliphatic carbocycles. The second-order valence-electron chi connectivity index (χ2n) is 11.6. The fourth-order valence-electron chi connectivity index (χ4n) is 6.82. The van der Waals surface area contributed by atoms with E-state index >= 15 is 0 Å². The molecule has 1 saturated carbocycles. The number of rotatable bonds is 8. The summed E-state index contributed by atoms with van der Waals surface area (Å²) in [6.07, 6.45) is 8.19. The molecule has 6 rings (SSSR count). The Morgan fingerprint density at radius 1 is 1.15 bits per heavy atom. The van der Waals surface area contributed by atoms with Crippen LogP contribution in [0.3, 0.4) is 0 Å². The smallest absolute Gasteiger partial charge is 0.315 e. The number of fused-ring (bicyclic) bond motifs is 2. The zero-order valence-electron chi connectivity index (χ0n) is 23.2. The van der Waals surface area contributed by atoms with Gasteiger partial charge in [0.05, 0.1) is 23.6 Å². The standard InChI is InChI=1S/C32H39FN6O/c1-32-21-24-22-36-39(28-11-9-27(33)10-12-28)30(24)20-26(32)8-7-25(32)19-29(23-5-3-2-4-6-23)37-31(40)35-15-18-38-16-13-34-14-17-38/h2-6,9-12,20,22,25,29,34H,7-8,13-19,21H2,1H3,(H2,35,37,40)/t25-,29?,32-/m1/s1. The van der Waals surface area contributed by atoms with E-state index in [9.17, 15) is 9.18 Å². The lowest BCUT2D eigenvalue weighted by atomic mass is 9.68. The van der Waals surface area contributed by atoms with E-state index in [2.05, 4.69) is 51.1 Å². The Morgan fingerprint density at radius 2 is 1.93 bits per heavy atom. The Bertz CT molecular complexity index is 1350. The minimum atomic E-state index is -0.246. The van der Waals surface area contributed by atoms with Crippen molar-refractivity contribution in [1.82, 2.24) is 30.6 Å². The number of carbonyl (C=O) groups excluding carboxylic acids is 1. The summed E-state index contributed by atoms with van der Waals surface area (Å²) < 4.78 is 15.4. The van der Waals surface area contributed by atoms with Crippen molar-refractivity contribution in [3.63, 3.8) is 0 Å². The van der Waals surface area contributed by atoms with Gasteiger partial charge in [0, 0.05) is 39.3 Å². The molecule has 7 nitrogen and oxygen atoms in total. The number of piperazine rings is 1. The van der Waals surface area contributed by atoms with Crippen molar-refractivity contribution in [3.05, 3.63) is 89.0 Å². The highest BCUT2D eigenvalue weighted by Gasteiger charge is 2.46. The molecule has 1 aromatic heterocycles. The van der Waals surface area contributed by atoms with E-state index in [0.717, 1.165) is 75.4 Å². The van der Waals surface area contributed by atoms with E-state index in [1.165, 1.54) is 23.3 Å². The second kappa shape index (κ2) is 11.6. The Labute approximate surface area is 235 Å². The zero-order chi connectivity index (χ0) is 27.5. The van der Waals surface area contributed by atoms with Crippen LogP contribution >= 0.6 is 0 Å². The molecule has 2 aromatic carbocycles. The summed E-state index contributed by atoms with van der Waals surface area (Å²) in [7, 11) is 0. The number of benzene rings is 2. The number of allylic oxidation sites excluding steroid dienone is 1. The molecule has 3 N–H and O–H groups in total. The highest BCUT2D eigenvalue weighted by Crippen LogP contribution is 2.55. The van der Waals surface area contributed by atoms with Crippen molar-refractivity contribution in [2.24, 2.45) is 11.3 Å². The minimum Gasteiger partial charge on any atom is -0.337 e. The first-order chi connectivity index (χ1) is 19.5. The van der Waals surface area contributed by atoms with Gasteiger partial charge < -0.3 is 16.0 Å². The molecule has 0 bridgehead atoms. The third-order valence-electron chi connectivity index (χ3n) is 9.17. The molecule has 2 fully saturated rings. The van der Waals surface area contributed by atoms with Crippen LogP contribution in [0.1, 0.15) is 49.0 Å². The summed E-state index contributed by atoms with van der Waals surface area (Å²) in [6.45, 7) is 7.95. The number of carbonyl (C=O) groups is 1. The van der Waals surface area contributed by atoms with Crippen molar-refractivity contribution < 1.29 is 9.18 Å². The molecule has 0 radical (unpaired) electrons. The van der Waals surface area contributed by atoms with Gasteiger partial charge in [-0.3, -0.25) is 4.90 Å². The molecular formula is C32H39FN6O. The maximum atomic E-state index is 13.5. The fourth-order valence-corrected chi connectivity index (χ4v) is 6.82. The quantitative estimate of drug-likeness (QED) is 0.386. The van der Waals surface area contributed by atoms with E-state index in [1.807, 2.05) is 29.1 Å². The van der Waals surface area contributed by atoms with E-state index in [0.29, 0.717) is 12.5 Å². The predicted octanol–water partition coefficient (Wildman–Crippen LogP) is 4.70. The zero-order valence-corrected chi connectivity index (χ0v) is 23.2. The fraction of sp³-hybridized carbons (Fsp3) is 0.438. The molecule has 3 aromatic rings. The molecule has 1 saturated heterocycles. The predicted molar refractivity (Wildman–Crippen MR) is 156 cm³/mol. The third-order valence-corrected chi connectivity index (χ3v) is 9.17. The first-order valence-electron chi connectivity index (χ1n) is 14.6. The number of hydrogen-bond acceptors (Lipinski definition) is 4. The monoisotopic (exact) mass is 542 g/mol. The average molecular weight is 543 g/mol. The summed E-state index contributed by atoms with van der Waals surface area (Å²) in [5, 5.41) is 14.4. The number of aromatic nitrogens is 2. The Hall–Kier alpha value is -3.49. The van der Waals surface area contributed by atoms with Crippen LogP contribution in [-0.4, -0.2) is 60.0 Å². The van der Waals surface area contributed by atoms with Crippen LogP contribution in [0.15, 0.2) is 66.4 Å². The number of urea groups is 1. The van der Waals surface area contributed by atoms with Gasteiger partial charge in [-0.25, -0.2) is 13.9 Å². The number of nitrogens with zero attached hydrogens (tertiary/aromatic N) is 3. The van der Waals surface area contributed by atoms with Crippen molar-refractivity contribution in [2.45, 2.75) is 38.6 Å². The number of halogens is 1. The molecule has 2 heterocycles. The van der Waals surface area contributed by atoms with Crippen molar-refractivity contribution >= 4 is 12.1 Å². The maximum Gasteiger partial charge on any atom is 0.315 e. The van der Waals surface area contributed by atoms with Crippen LogP contribution in [0.4, 0.5) is 9.18 Å². The lowest BCUT2D eigenvalue weighted by Gasteiger charge is -2.37. The topological polar surface area (TPSA) is 74.2 Å². The van der Waals surface area contributed by atoms with Crippen LogP contribution < -0.4 is 16.0 Å². The van der Waals surface area contributed by atoms with Crippen LogP contribution in [0.25, 0.3) is 11.8 Å². The average Bonchev–Trinajstić information content (AvgIpc) is 3.52. The van der Waals surface area contributed by atoms with Crippen LogP contribution in [-0.2, 0) is 6.42 Å². The molecule has 40 heavy (non-hydrogen) atoms. The first-order valence-corrected chi connectivity index (χ1v) is 14.6. The summed E-state index contributed by atoms with van der Waals surface area (Å²) in [4.78, 5) is 15.4. The summed E-state index contributed by atoms with van der Waals surface area (Å²) in [5.41, 5.74) is 5.78. The van der Waals surface area contributed by atoms with Gasteiger partial charge in [-0.1, -0.05) is 42.8 Å². The first kappa shape index (κ1) is 26.7. The van der Waals surface area contributed by atoms with Gasteiger partial charge in [0.1, 0.15) is 5.82 Å². The highest BCUT2D eigenvalue weighted by atomic mass is 19.1. The van der Waals surface area contributed by atoms with E-state index in [1.54, 1.807) is 12.1 Å². The van der Waals surface area contributed by atoms with Gasteiger partial charge in [0.15, 0.2) is 0 Å². The molecule has 3 atom stereocenters. The Kier molecular flexibility index (Phi) is 7.71. The molecular weight excluding hydrogens is 503 g/mol. The summed E-state index contributed by atoms with van der Waals surface area (Å²) >= 11 is 0. The van der Waals surface area contributed by atoms with Gasteiger partial charge in [-0.2, -0.15) is 5.10 Å². The molecule has 210 valence electrons. The van der Waals surface area contributed by atoms with Gasteiger partial charge in [0.25, 0.3) is 0 Å². The van der Waals surface area contributed by atoms with Gasteiger partial charge in [0.2, 0.25) is 0 Å². The van der Waals surface area contributed by atoms with Gasteiger partial charge in [-0.05, 0) is 78.5 Å². The van der Waals surface area contributed by atoms with E-state index < -0.39 is 0 Å². The Morgan fingerprint density at radius 3 is 2.70 bits per heavy atom. The van der Waals surface area contributed by atoms with Crippen molar-refractivity contribution in [1.29, 1.82) is 0 Å². The van der Waals surface area contributed by atoms with E-state index in [4.69, 9.17) is 0 Å².